The van der Waals surface area contributed by atoms with Crippen molar-refractivity contribution in [2.45, 2.75) is 0 Å². The summed E-state index contributed by atoms with van der Waals surface area (Å²) in [7, 11) is 0. The van der Waals surface area contributed by atoms with E-state index in [0.717, 1.165) is 6.20 Å². The van der Waals surface area contributed by atoms with Crippen LogP contribution in [-0.4, -0.2) is 9.97 Å². The van der Waals surface area contributed by atoms with Crippen LogP contribution in [0.15, 0.2) is 28.9 Å². The molecule has 0 bridgehead atoms. The normalized spacial score (nSPS) is 10.3. The molecule has 0 radical (unpaired) electrons. The fourth-order valence-corrected chi connectivity index (χ4v) is 1.54. The first-order chi connectivity index (χ1) is 8.06. The number of benzene rings is 1. The minimum absolute atomic E-state index is 0.0681. The van der Waals surface area contributed by atoms with E-state index in [1.165, 1.54) is 18.2 Å². The Morgan fingerprint density at radius 1 is 1.29 bits per heavy atom. The van der Waals surface area contributed by atoms with Crippen LogP contribution in [0.2, 0.25) is 0 Å². The summed E-state index contributed by atoms with van der Waals surface area (Å²) in [6, 6.07) is 3.99. The van der Waals surface area contributed by atoms with Crippen LogP contribution in [0.4, 0.5) is 26.2 Å². The number of nitrogens with two attached hydrogens (primary N) is 1. The Morgan fingerprint density at radius 2 is 2.06 bits per heavy atom. The third-order valence-corrected chi connectivity index (χ3v) is 2.64. The topological polar surface area (TPSA) is 63.8 Å². The fraction of sp³-hybridized carbons (Fsp3) is 0. The maximum Gasteiger partial charge on any atom is 0.222 e. The Kier molecular flexibility index (Phi) is 3.19. The first-order valence-electron chi connectivity index (χ1n) is 4.56. The lowest BCUT2D eigenvalue weighted by Crippen LogP contribution is -2.03. The highest BCUT2D eigenvalue weighted by molar-refractivity contribution is 9.10. The van der Waals surface area contributed by atoms with Gasteiger partial charge in [0.05, 0.1) is 11.9 Å². The molecule has 0 spiro atoms. The summed E-state index contributed by atoms with van der Waals surface area (Å²) in [5.41, 5.74) is 5.68. The van der Waals surface area contributed by atoms with Crippen molar-refractivity contribution < 1.29 is 8.78 Å². The summed E-state index contributed by atoms with van der Waals surface area (Å²) in [6.07, 6.45) is 0.942. The lowest BCUT2D eigenvalue weighted by atomic mass is 10.3. The van der Waals surface area contributed by atoms with E-state index in [9.17, 15) is 8.78 Å². The van der Waals surface area contributed by atoms with Gasteiger partial charge >= 0.3 is 0 Å². The van der Waals surface area contributed by atoms with Crippen LogP contribution in [0, 0.1) is 11.6 Å². The van der Waals surface area contributed by atoms with Crippen LogP contribution in [0.1, 0.15) is 0 Å². The number of aromatic nitrogens is 2. The Balaban J connectivity index is 2.37. The van der Waals surface area contributed by atoms with Crippen LogP contribution in [0.25, 0.3) is 0 Å². The number of nitrogens with zero attached hydrogens (tertiary/aromatic N) is 2. The Bertz CT molecular complexity index is 512. The maximum absolute atomic E-state index is 13.3. The molecule has 4 nitrogen and oxygen atoms in total. The van der Waals surface area contributed by atoms with Gasteiger partial charge in [-0.05, 0) is 34.1 Å². The fourth-order valence-electron chi connectivity index (χ4n) is 1.19. The van der Waals surface area contributed by atoms with Crippen molar-refractivity contribution >= 4 is 33.4 Å². The van der Waals surface area contributed by atoms with Gasteiger partial charge in [-0.25, -0.2) is 13.8 Å². The van der Waals surface area contributed by atoms with Crippen molar-refractivity contribution in [3.8, 4) is 0 Å². The molecule has 1 aromatic heterocycles. The average Bonchev–Trinajstić information content (AvgIpc) is 2.28. The summed E-state index contributed by atoms with van der Waals surface area (Å²) in [6.45, 7) is 0. The van der Waals surface area contributed by atoms with Gasteiger partial charge in [0.2, 0.25) is 5.95 Å². The van der Waals surface area contributed by atoms with Gasteiger partial charge in [0.25, 0.3) is 0 Å². The Labute approximate surface area is 104 Å². The molecule has 0 unspecified atom stereocenters. The van der Waals surface area contributed by atoms with Crippen molar-refractivity contribution in [3.05, 3.63) is 40.5 Å². The molecule has 2 rings (SSSR count). The van der Waals surface area contributed by atoms with Crippen molar-refractivity contribution in [2.24, 2.45) is 0 Å². The highest BCUT2D eigenvalue weighted by Crippen LogP contribution is 2.26. The highest BCUT2D eigenvalue weighted by atomic mass is 79.9. The van der Waals surface area contributed by atoms with E-state index in [1.54, 1.807) is 0 Å². The third-order valence-electron chi connectivity index (χ3n) is 1.94. The van der Waals surface area contributed by atoms with E-state index in [4.69, 9.17) is 5.73 Å². The molecule has 17 heavy (non-hydrogen) atoms. The molecule has 0 aliphatic carbocycles. The van der Waals surface area contributed by atoms with Gasteiger partial charge in [0, 0.05) is 4.47 Å². The number of nitrogens with one attached hydrogen (secondary N) is 1. The van der Waals surface area contributed by atoms with Crippen LogP contribution >= 0.6 is 15.9 Å². The molecule has 3 N–H and O–H groups in total. The van der Waals surface area contributed by atoms with Gasteiger partial charge in [0.1, 0.15) is 5.82 Å². The molecule has 0 aliphatic heterocycles. The number of hydrogen-bond acceptors (Lipinski definition) is 4. The van der Waals surface area contributed by atoms with Crippen molar-refractivity contribution in [1.29, 1.82) is 0 Å². The standard InChI is InChI=1S/C10H7BrF2N4/c11-6-2-1-5(12)3-8(6)16-9-7(13)4-15-10(14)17-9/h1-4H,(H3,14,15,16,17). The van der Waals surface area contributed by atoms with Gasteiger partial charge < -0.3 is 11.1 Å². The molecule has 1 heterocycles. The van der Waals surface area contributed by atoms with Crippen LogP contribution in [-0.2, 0) is 0 Å². The van der Waals surface area contributed by atoms with E-state index in [0.29, 0.717) is 10.2 Å². The first-order valence-corrected chi connectivity index (χ1v) is 5.35. The van der Waals surface area contributed by atoms with Crippen molar-refractivity contribution in [2.75, 3.05) is 11.1 Å². The quantitative estimate of drug-likeness (QED) is 0.895. The van der Waals surface area contributed by atoms with E-state index in [2.05, 4.69) is 31.2 Å². The summed E-state index contributed by atoms with van der Waals surface area (Å²) >= 11 is 3.20. The number of halogens is 3. The monoisotopic (exact) mass is 300 g/mol. The van der Waals surface area contributed by atoms with E-state index in [1.807, 2.05) is 0 Å². The number of rotatable bonds is 2. The second kappa shape index (κ2) is 4.62. The molecule has 2 aromatic rings. The largest absolute Gasteiger partial charge is 0.368 e. The average molecular weight is 301 g/mol. The first kappa shape index (κ1) is 11.7. The second-order valence-corrected chi connectivity index (χ2v) is 4.03. The molecule has 0 saturated heterocycles. The van der Waals surface area contributed by atoms with Gasteiger partial charge in [-0.2, -0.15) is 4.98 Å². The lowest BCUT2D eigenvalue weighted by molar-refractivity contribution is 0.618. The maximum atomic E-state index is 13.3. The summed E-state index contributed by atoms with van der Waals surface area (Å²) in [4.78, 5) is 7.16. The summed E-state index contributed by atoms with van der Waals surface area (Å²) < 4.78 is 26.9. The van der Waals surface area contributed by atoms with Crippen LogP contribution < -0.4 is 11.1 Å². The smallest absolute Gasteiger partial charge is 0.222 e. The molecular formula is C10H7BrF2N4. The molecule has 88 valence electrons. The predicted molar refractivity (Wildman–Crippen MR) is 63.8 cm³/mol. The number of nitrogen functional groups attached to an aromatic ring is 1. The van der Waals surface area contributed by atoms with Crippen LogP contribution in [0.3, 0.4) is 0 Å². The zero-order valence-corrected chi connectivity index (χ0v) is 10.0. The molecule has 0 atom stereocenters. The minimum Gasteiger partial charge on any atom is -0.368 e. The van der Waals surface area contributed by atoms with Gasteiger partial charge in [-0.15, -0.1) is 0 Å². The molecular weight excluding hydrogens is 294 g/mol. The second-order valence-electron chi connectivity index (χ2n) is 3.17. The van der Waals surface area contributed by atoms with E-state index < -0.39 is 11.6 Å². The van der Waals surface area contributed by atoms with Crippen molar-refractivity contribution in [1.82, 2.24) is 9.97 Å². The molecule has 0 aliphatic rings. The number of anilines is 3. The van der Waals surface area contributed by atoms with E-state index >= 15 is 0 Å². The van der Waals surface area contributed by atoms with Gasteiger partial charge in [0.15, 0.2) is 11.6 Å². The van der Waals surface area contributed by atoms with E-state index in [-0.39, 0.29) is 11.8 Å². The molecule has 1 aromatic carbocycles. The molecule has 0 amide bonds. The Morgan fingerprint density at radius 3 is 2.82 bits per heavy atom. The van der Waals surface area contributed by atoms with Crippen LogP contribution in [0.5, 0.6) is 0 Å². The zero-order chi connectivity index (χ0) is 12.4. The van der Waals surface area contributed by atoms with Crippen molar-refractivity contribution in [3.63, 3.8) is 0 Å². The summed E-state index contributed by atoms with van der Waals surface area (Å²) in [5.74, 6) is -1.29. The van der Waals surface area contributed by atoms with Gasteiger partial charge in [-0.3, -0.25) is 0 Å². The molecule has 0 saturated carbocycles. The predicted octanol–water partition coefficient (Wildman–Crippen LogP) is 2.84. The molecule has 0 fully saturated rings. The minimum atomic E-state index is -0.671. The molecule has 7 heteroatoms. The number of hydrogen-bond donors (Lipinski definition) is 2. The summed E-state index contributed by atoms with van der Waals surface area (Å²) in [5, 5.41) is 2.63. The Hall–Kier alpha value is -1.76. The zero-order valence-electron chi connectivity index (χ0n) is 8.42. The highest BCUT2D eigenvalue weighted by Gasteiger charge is 2.08. The SMILES string of the molecule is Nc1ncc(F)c(Nc2cc(F)ccc2Br)n1. The van der Waals surface area contributed by atoms with Gasteiger partial charge in [-0.1, -0.05) is 0 Å². The third kappa shape index (κ3) is 2.68. The lowest BCUT2D eigenvalue weighted by Gasteiger charge is -2.08.